The van der Waals surface area contributed by atoms with E-state index in [1.54, 1.807) is 19.5 Å². The number of pyridine rings is 1. The number of nitriles is 1. The van der Waals surface area contributed by atoms with Crippen molar-refractivity contribution in [2.75, 3.05) is 7.11 Å². The van der Waals surface area contributed by atoms with Crippen LogP contribution in [0.25, 0.3) is 11.6 Å². The number of rotatable bonds is 3. The van der Waals surface area contributed by atoms with E-state index >= 15 is 0 Å². The predicted molar refractivity (Wildman–Crippen MR) is 108 cm³/mol. The molecule has 0 fully saturated rings. The number of hydrogen-bond donors (Lipinski definition) is 0. The van der Waals surface area contributed by atoms with Crippen molar-refractivity contribution >= 4 is 11.6 Å². The van der Waals surface area contributed by atoms with Crippen molar-refractivity contribution in [3.63, 3.8) is 0 Å². The van der Waals surface area contributed by atoms with Crippen molar-refractivity contribution in [1.82, 2.24) is 4.98 Å². The molecule has 1 aromatic heterocycles. The van der Waals surface area contributed by atoms with E-state index in [4.69, 9.17) is 4.74 Å². The molecule has 3 heteroatoms. The van der Waals surface area contributed by atoms with Gasteiger partial charge >= 0.3 is 0 Å². The molecule has 0 unspecified atom stereocenters. The maximum Gasteiger partial charge on any atom is 0.119 e. The Hall–Kier alpha value is -3.82. The lowest BCUT2D eigenvalue weighted by atomic mass is 10.0. The Labute approximate surface area is 159 Å². The van der Waals surface area contributed by atoms with Crippen LogP contribution >= 0.6 is 0 Å². The Morgan fingerprint density at radius 2 is 1.74 bits per heavy atom. The van der Waals surface area contributed by atoms with Gasteiger partial charge in [-0.2, -0.15) is 5.26 Å². The van der Waals surface area contributed by atoms with Gasteiger partial charge in [-0.15, -0.1) is 0 Å². The average molecular weight is 350 g/mol. The molecule has 0 amide bonds. The van der Waals surface area contributed by atoms with Gasteiger partial charge in [-0.05, 0) is 72.2 Å². The molecule has 0 aliphatic carbocycles. The highest BCUT2D eigenvalue weighted by molar-refractivity contribution is 5.89. The summed E-state index contributed by atoms with van der Waals surface area (Å²) < 4.78 is 5.22. The van der Waals surface area contributed by atoms with Crippen molar-refractivity contribution in [2.24, 2.45) is 0 Å². The van der Waals surface area contributed by atoms with Gasteiger partial charge in [0.25, 0.3) is 0 Å². The number of aryl methyl sites for hydroxylation is 1. The van der Waals surface area contributed by atoms with Gasteiger partial charge in [0.2, 0.25) is 0 Å². The number of ether oxygens (including phenoxy) is 1. The Morgan fingerprint density at radius 3 is 2.37 bits per heavy atom. The van der Waals surface area contributed by atoms with E-state index in [0.29, 0.717) is 5.57 Å². The van der Waals surface area contributed by atoms with Crippen molar-refractivity contribution in [3.8, 4) is 23.7 Å². The Morgan fingerprint density at radius 1 is 1.00 bits per heavy atom. The third kappa shape index (κ3) is 4.63. The summed E-state index contributed by atoms with van der Waals surface area (Å²) in [7, 11) is 1.65. The lowest BCUT2D eigenvalue weighted by Crippen LogP contribution is -1.87. The van der Waals surface area contributed by atoms with Gasteiger partial charge in [-0.1, -0.05) is 24.0 Å². The van der Waals surface area contributed by atoms with E-state index in [1.807, 2.05) is 67.6 Å². The second kappa shape index (κ2) is 8.52. The Kier molecular flexibility index (Phi) is 5.67. The van der Waals surface area contributed by atoms with Gasteiger partial charge in [0, 0.05) is 23.5 Å². The third-order valence-corrected chi connectivity index (χ3v) is 4.11. The molecule has 3 aromatic rings. The zero-order valence-corrected chi connectivity index (χ0v) is 15.2. The lowest BCUT2D eigenvalue weighted by molar-refractivity contribution is 0.414. The van der Waals surface area contributed by atoms with Crippen LogP contribution in [0.3, 0.4) is 0 Å². The predicted octanol–water partition coefficient (Wildman–Crippen LogP) is 4.86. The highest BCUT2D eigenvalue weighted by atomic mass is 16.5. The van der Waals surface area contributed by atoms with Crippen LogP contribution in [-0.2, 0) is 0 Å². The van der Waals surface area contributed by atoms with Crippen LogP contribution in [0.1, 0.15) is 27.8 Å². The summed E-state index contributed by atoms with van der Waals surface area (Å²) in [6.45, 7) is 2.01. The molecule has 2 aromatic carbocycles. The number of allylic oxidation sites excluding steroid dienone is 1. The van der Waals surface area contributed by atoms with Crippen molar-refractivity contribution < 1.29 is 4.74 Å². The van der Waals surface area contributed by atoms with Crippen molar-refractivity contribution in [1.29, 1.82) is 5.26 Å². The van der Waals surface area contributed by atoms with Crippen molar-refractivity contribution in [3.05, 3.63) is 94.8 Å². The van der Waals surface area contributed by atoms with Crippen molar-refractivity contribution in [2.45, 2.75) is 6.92 Å². The minimum absolute atomic E-state index is 0.603. The lowest BCUT2D eigenvalue weighted by Gasteiger charge is -2.02. The summed E-state index contributed by atoms with van der Waals surface area (Å²) in [5.74, 6) is 7.19. The molecule has 0 radical (unpaired) electrons. The minimum Gasteiger partial charge on any atom is -0.497 e. The van der Waals surface area contributed by atoms with Gasteiger partial charge in [0.05, 0.1) is 18.8 Å². The number of methoxy groups -OCH3 is 1. The van der Waals surface area contributed by atoms with E-state index in [-0.39, 0.29) is 0 Å². The molecule has 0 saturated carbocycles. The molecule has 130 valence electrons. The minimum atomic E-state index is 0.603. The van der Waals surface area contributed by atoms with E-state index in [2.05, 4.69) is 22.9 Å². The SMILES string of the molecule is COc1ccc(C#Cc2ccc(/C(C#N)=C/c3ccncc3)cc2)c(C)c1. The fourth-order valence-electron chi connectivity index (χ4n) is 2.58. The van der Waals surface area contributed by atoms with E-state index in [1.165, 1.54) is 0 Å². The normalized spacial score (nSPS) is 10.5. The van der Waals surface area contributed by atoms with Crippen LogP contribution in [0.15, 0.2) is 67.0 Å². The van der Waals surface area contributed by atoms with Crippen LogP contribution in [-0.4, -0.2) is 12.1 Å². The Balaban J connectivity index is 1.82. The first kappa shape index (κ1) is 18.0. The molecule has 3 rings (SSSR count). The molecule has 1 heterocycles. The second-order valence-corrected chi connectivity index (χ2v) is 5.96. The fraction of sp³-hybridized carbons (Fsp3) is 0.0833. The topological polar surface area (TPSA) is 45.9 Å². The molecular weight excluding hydrogens is 332 g/mol. The van der Waals surface area contributed by atoms with E-state index < -0.39 is 0 Å². The number of nitrogens with zero attached hydrogens (tertiary/aromatic N) is 2. The number of benzene rings is 2. The molecule has 0 atom stereocenters. The first-order valence-corrected chi connectivity index (χ1v) is 8.48. The monoisotopic (exact) mass is 350 g/mol. The first-order chi connectivity index (χ1) is 13.2. The van der Waals surface area contributed by atoms with Gasteiger partial charge < -0.3 is 4.74 Å². The van der Waals surface area contributed by atoms with Crippen LogP contribution < -0.4 is 4.74 Å². The van der Waals surface area contributed by atoms with Gasteiger partial charge in [-0.25, -0.2) is 0 Å². The molecule has 27 heavy (non-hydrogen) atoms. The van der Waals surface area contributed by atoms with E-state index in [9.17, 15) is 5.26 Å². The largest absolute Gasteiger partial charge is 0.497 e. The zero-order valence-electron chi connectivity index (χ0n) is 15.2. The molecule has 0 spiro atoms. The molecule has 0 saturated heterocycles. The molecule has 3 nitrogen and oxygen atoms in total. The molecular formula is C24H18N2O. The van der Waals surface area contributed by atoms with Crippen LogP contribution in [0, 0.1) is 30.1 Å². The standard InChI is InChI=1S/C24H18N2O/c1-18-15-24(27-2)10-9-21(18)6-3-19-4-7-22(8-5-19)23(17-25)16-20-11-13-26-14-12-20/h4-5,7-16H,1-2H3/b23-16+. The number of hydrogen-bond acceptors (Lipinski definition) is 3. The van der Waals surface area contributed by atoms with Gasteiger partial charge in [0.1, 0.15) is 5.75 Å². The van der Waals surface area contributed by atoms with Crippen LogP contribution in [0.4, 0.5) is 0 Å². The Bertz CT molecular complexity index is 1060. The quantitative estimate of drug-likeness (QED) is 0.500. The maximum atomic E-state index is 9.46. The summed E-state index contributed by atoms with van der Waals surface area (Å²) in [6.07, 6.45) is 5.27. The van der Waals surface area contributed by atoms with Crippen LogP contribution in [0.5, 0.6) is 5.75 Å². The summed E-state index contributed by atoms with van der Waals surface area (Å²) in [5, 5.41) is 9.46. The summed E-state index contributed by atoms with van der Waals surface area (Å²) in [5.41, 5.74) is 5.35. The number of aromatic nitrogens is 1. The summed E-state index contributed by atoms with van der Waals surface area (Å²) in [6, 6.07) is 19.5. The zero-order chi connectivity index (χ0) is 19.1. The molecule has 0 bridgehead atoms. The summed E-state index contributed by atoms with van der Waals surface area (Å²) in [4.78, 5) is 3.99. The van der Waals surface area contributed by atoms with E-state index in [0.717, 1.165) is 33.6 Å². The molecule has 0 aliphatic heterocycles. The maximum absolute atomic E-state index is 9.46. The molecule has 0 N–H and O–H groups in total. The smallest absolute Gasteiger partial charge is 0.119 e. The summed E-state index contributed by atoms with van der Waals surface area (Å²) >= 11 is 0. The first-order valence-electron chi connectivity index (χ1n) is 8.48. The second-order valence-electron chi connectivity index (χ2n) is 5.96. The van der Waals surface area contributed by atoms with Gasteiger partial charge in [-0.3, -0.25) is 4.98 Å². The highest BCUT2D eigenvalue weighted by Crippen LogP contribution is 2.19. The average Bonchev–Trinajstić information content (AvgIpc) is 2.72. The highest BCUT2D eigenvalue weighted by Gasteiger charge is 2.01. The fourth-order valence-corrected chi connectivity index (χ4v) is 2.58. The molecule has 0 aliphatic rings. The van der Waals surface area contributed by atoms with Crippen LogP contribution in [0.2, 0.25) is 0 Å². The third-order valence-electron chi connectivity index (χ3n) is 4.11. The van der Waals surface area contributed by atoms with Gasteiger partial charge in [0.15, 0.2) is 0 Å².